The molecule has 0 amide bonds. The van der Waals surface area contributed by atoms with Crippen molar-refractivity contribution in [3.63, 3.8) is 0 Å². The molecule has 2 N–H and O–H groups in total. The van der Waals surface area contributed by atoms with Crippen LogP contribution < -0.4 is 5.73 Å². The maximum absolute atomic E-state index is 13.5. The first kappa shape index (κ1) is 16.1. The van der Waals surface area contributed by atoms with E-state index in [4.69, 9.17) is 18.0 Å². The molecule has 1 fully saturated rings. The first-order valence-electron chi connectivity index (χ1n) is 7.18. The van der Waals surface area contributed by atoms with E-state index in [0.717, 1.165) is 5.56 Å². The summed E-state index contributed by atoms with van der Waals surface area (Å²) in [5, 5.41) is -0.732. The first-order chi connectivity index (χ1) is 10.8. The molecule has 0 heterocycles. The summed E-state index contributed by atoms with van der Waals surface area (Å²) < 4.78 is 39.2. The predicted octanol–water partition coefficient (Wildman–Crippen LogP) is 2.98. The number of rotatable bonds is 4. The summed E-state index contributed by atoms with van der Waals surface area (Å²) in [4.78, 5) is 0.396. The SMILES string of the molecule is Cc1ccc(S(=O)(=O)C2C(C(N)=S)C2c2cccc(F)c2)cc1. The Morgan fingerprint density at radius 3 is 2.39 bits per heavy atom. The lowest BCUT2D eigenvalue weighted by Crippen LogP contribution is -2.17. The lowest BCUT2D eigenvalue weighted by atomic mass is 10.1. The van der Waals surface area contributed by atoms with Crippen LogP contribution >= 0.6 is 12.2 Å². The fraction of sp³-hybridized carbons (Fsp3) is 0.235. The molecule has 3 nitrogen and oxygen atoms in total. The Labute approximate surface area is 140 Å². The normalized spacial score (nSPS) is 23.5. The number of hydrogen-bond donors (Lipinski definition) is 1. The molecule has 0 saturated heterocycles. The van der Waals surface area contributed by atoms with Crippen molar-refractivity contribution < 1.29 is 12.8 Å². The highest BCUT2D eigenvalue weighted by atomic mass is 32.2. The molecule has 3 atom stereocenters. The van der Waals surface area contributed by atoms with E-state index in [2.05, 4.69) is 0 Å². The second-order valence-electron chi connectivity index (χ2n) is 5.83. The van der Waals surface area contributed by atoms with Gasteiger partial charge in [0.25, 0.3) is 0 Å². The lowest BCUT2D eigenvalue weighted by Gasteiger charge is -2.05. The van der Waals surface area contributed by atoms with Gasteiger partial charge < -0.3 is 5.73 Å². The molecule has 0 aromatic heterocycles. The monoisotopic (exact) mass is 349 g/mol. The zero-order valence-electron chi connectivity index (χ0n) is 12.4. The number of thiocarbonyl (C=S) groups is 1. The van der Waals surface area contributed by atoms with E-state index in [1.165, 1.54) is 12.1 Å². The smallest absolute Gasteiger partial charge is 0.182 e. The molecule has 3 rings (SSSR count). The average Bonchev–Trinajstić information content (AvgIpc) is 3.24. The quantitative estimate of drug-likeness (QED) is 0.862. The van der Waals surface area contributed by atoms with E-state index in [1.54, 1.807) is 36.4 Å². The molecule has 2 aromatic rings. The average molecular weight is 349 g/mol. The number of aryl methyl sites for hydroxylation is 1. The van der Waals surface area contributed by atoms with Crippen molar-refractivity contribution >= 4 is 27.0 Å². The minimum absolute atomic E-state index is 0.153. The van der Waals surface area contributed by atoms with Crippen molar-refractivity contribution in [3.8, 4) is 0 Å². The van der Waals surface area contributed by atoms with Crippen LogP contribution in [-0.2, 0) is 9.84 Å². The van der Waals surface area contributed by atoms with Gasteiger partial charge in [0.2, 0.25) is 0 Å². The summed E-state index contributed by atoms with van der Waals surface area (Å²) in [6.45, 7) is 1.89. The number of sulfone groups is 1. The molecule has 0 aliphatic heterocycles. The highest BCUT2D eigenvalue weighted by Crippen LogP contribution is 2.54. The Morgan fingerprint density at radius 2 is 1.83 bits per heavy atom. The Morgan fingerprint density at radius 1 is 1.17 bits per heavy atom. The Balaban J connectivity index is 2.00. The van der Waals surface area contributed by atoms with E-state index >= 15 is 0 Å². The summed E-state index contributed by atoms with van der Waals surface area (Å²) >= 11 is 5.03. The van der Waals surface area contributed by atoms with Gasteiger partial charge in [-0.2, -0.15) is 0 Å². The summed E-state index contributed by atoms with van der Waals surface area (Å²) in [6.07, 6.45) is 0. The third-order valence-corrected chi connectivity index (χ3v) is 6.73. The Bertz CT molecular complexity index is 862. The maximum Gasteiger partial charge on any atom is 0.182 e. The highest BCUT2D eigenvalue weighted by Gasteiger charge is 2.60. The molecule has 23 heavy (non-hydrogen) atoms. The van der Waals surface area contributed by atoms with Crippen LogP contribution in [0.4, 0.5) is 4.39 Å². The minimum atomic E-state index is -3.58. The van der Waals surface area contributed by atoms with Gasteiger partial charge in [0.15, 0.2) is 9.84 Å². The zero-order valence-corrected chi connectivity index (χ0v) is 14.1. The van der Waals surface area contributed by atoms with Gasteiger partial charge in [-0.3, -0.25) is 0 Å². The van der Waals surface area contributed by atoms with Crippen molar-refractivity contribution in [1.29, 1.82) is 0 Å². The fourth-order valence-electron chi connectivity index (χ4n) is 3.00. The van der Waals surface area contributed by atoms with Crippen molar-refractivity contribution in [2.45, 2.75) is 23.0 Å². The minimum Gasteiger partial charge on any atom is -0.393 e. The van der Waals surface area contributed by atoms with Gasteiger partial charge in [-0.1, -0.05) is 42.0 Å². The Kier molecular flexibility index (Phi) is 3.98. The van der Waals surface area contributed by atoms with Crippen LogP contribution in [0.25, 0.3) is 0 Å². The van der Waals surface area contributed by atoms with Gasteiger partial charge in [0, 0.05) is 11.8 Å². The third kappa shape index (κ3) is 2.88. The second kappa shape index (κ2) is 5.69. The first-order valence-corrected chi connectivity index (χ1v) is 9.13. The third-order valence-electron chi connectivity index (χ3n) is 4.22. The van der Waals surface area contributed by atoms with Crippen LogP contribution in [0.2, 0.25) is 0 Å². The molecule has 1 aliphatic carbocycles. The largest absolute Gasteiger partial charge is 0.393 e. The number of hydrogen-bond acceptors (Lipinski definition) is 3. The van der Waals surface area contributed by atoms with Gasteiger partial charge in [-0.15, -0.1) is 0 Å². The molecular weight excluding hydrogens is 333 g/mol. The maximum atomic E-state index is 13.5. The molecule has 0 spiro atoms. The summed E-state index contributed by atoms with van der Waals surface area (Å²) in [5.74, 6) is -1.25. The standard InChI is InChI=1S/C17H16FNO2S2/c1-10-5-7-13(8-6-10)23(20,21)16-14(15(16)17(19)22)11-3-2-4-12(18)9-11/h2-9,14-16H,1H3,(H2,19,22). The number of halogens is 1. The number of nitrogens with two attached hydrogens (primary N) is 1. The summed E-state index contributed by atoms with van der Waals surface area (Å²) in [5.41, 5.74) is 7.32. The zero-order chi connectivity index (χ0) is 16.8. The molecule has 2 aromatic carbocycles. The molecule has 0 bridgehead atoms. The van der Waals surface area contributed by atoms with Gasteiger partial charge >= 0.3 is 0 Å². The molecule has 6 heteroatoms. The Hall–Kier alpha value is -1.79. The van der Waals surface area contributed by atoms with Gasteiger partial charge in [-0.25, -0.2) is 12.8 Å². The predicted molar refractivity (Wildman–Crippen MR) is 91.6 cm³/mol. The van der Waals surface area contributed by atoms with Crippen LogP contribution in [0.15, 0.2) is 53.4 Å². The second-order valence-corrected chi connectivity index (χ2v) is 8.41. The van der Waals surface area contributed by atoms with Crippen molar-refractivity contribution in [2.24, 2.45) is 11.7 Å². The van der Waals surface area contributed by atoms with Gasteiger partial charge in [0.1, 0.15) is 5.82 Å². The molecular formula is C17H16FNO2S2. The fourth-order valence-corrected chi connectivity index (χ4v) is 5.54. The number of benzene rings is 2. The van der Waals surface area contributed by atoms with Crippen LogP contribution in [0.1, 0.15) is 17.0 Å². The lowest BCUT2D eigenvalue weighted by molar-refractivity contribution is 0.593. The topological polar surface area (TPSA) is 60.2 Å². The molecule has 1 aliphatic rings. The van der Waals surface area contributed by atoms with Crippen molar-refractivity contribution in [2.75, 3.05) is 0 Å². The molecule has 3 unspecified atom stereocenters. The highest BCUT2D eigenvalue weighted by molar-refractivity contribution is 7.92. The van der Waals surface area contributed by atoms with Gasteiger partial charge in [0.05, 0.1) is 15.1 Å². The van der Waals surface area contributed by atoms with Crippen molar-refractivity contribution in [1.82, 2.24) is 0 Å². The molecule has 120 valence electrons. The van der Waals surface area contributed by atoms with Crippen molar-refractivity contribution in [3.05, 3.63) is 65.5 Å². The van der Waals surface area contributed by atoms with E-state index in [0.29, 0.717) is 5.56 Å². The van der Waals surface area contributed by atoms with Crippen LogP contribution in [0.3, 0.4) is 0 Å². The van der Waals surface area contributed by atoms with Crippen LogP contribution in [0, 0.1) is 18.7 Å². The molecule has 0 radical (unpaired) electrons. The van der Waals surface area contributed by atoms with E-state index in [9.17, 15) is 12.8 Å². The van der Waals surface area contributed by atoms with Crippen LogP contribution in [0.5, 0.6) is 0 Å². The van der Waals surface area contributed by atoms with E-state index in [-0.39, 0.29) is 9.88 Å². The van der Waals surface area contributed by atoms with Crippen LogP contribution in [-0.4, -0.2) is 18.7 Å². The summed E-state index contributed by atoms with van der Waals surface area (Å²) in [7, 11) is -3.58. The van der Waals surface area contributed by atoms with E-state index < -0.39 is 32.7 Å². The van der Waals surface area contributed by atoms with Gasteiger partial charge in [-0.05, 0) is 36.8 Å². The van der Waals surface area contributed by atoms with E-state index in [1.807, 2.05) is 6.92 Å². The summed E-state index contributed by atoms with van der Waals surface area (Å²) in [6, 6.07) is 12.6. The molecule has 1 saturated carbocycles.